The zero-order valence-electron chi connectivity index (χ0n) is 8.89. The third-order valence-corrected chi connectivity index (χ3v) is 2.77. The van der Waals surface area contributed by atoms with Crippen LogP contribution in [-0.2, 0) is 0 Å². The van der Waals surface area contributed by atoms with Crippen molar-refractivity contribution in [3.63, 3.8) is 0 Å². The van der Waals surface area contributed by atoms with Crippen LogP contribution in [0.15, 0.2) is 18.6 Å². The fourth-order valence-corrected chi connectivity index (χ4v) is 1.85. The number of halogens is 1. The lowest BCUT2D eigenvalue weighted by Crippen LogP contribution is -2.41. The Morgan fingerprint density at radius 1 is 1.33 bits per heavy atom. The molecule has 1 aliphatic heterocycles. The predicted molar refractivity (Wildman–Crippen MR) is 63.6 cm³/mol. The number of nitrogens with zero attached hydrogens (tertiary/aromatic N) is 3. The Morgan fingerprint density at radius 3 is 2.67 bits per heavy atom. The maximum Gasteiger partial charge on any atom is 0.147 e. The Hall–Kier alpha value is -0.870. The Morgan fingerprint density at radius 2 is 2.07 bits per heavy atom. The number of hydrogen-bond donors (Lipinski definition) is 1. The molecule has 0 radical (unpaired) electrons. The molecular formula is C10H17ClN4. The summed E-state index contributed by atoms with van der Waals surface area (Å²) in [5.41, 5.74) is 0. The molecule has 0 saturated carbocycles. The van der Waals surface area contributed by atoms with Crippen molar-refractivity contribution in [2.75, 3.05) is 25.0 Å². The summed E-state index contributed by atoms with van der Waals surface area (Å²) < 4.78 is 0. The van der Waals surface area contributed by atoms with Gasteiger partial charge < -0.3 is 10.2 Å². The highest BCUT2D eigenvalue weighted by atomic mass is 35.5. The van der Waals surface area contributed by atoms with E-state index in [0.29, 0.717) is 6.04 Å². The van der Waals surface area contributed by atoms with Gasteiger partial charge in [-0.3, -0.25) is 4.98 Å². The van der Waals surface area contributed by atoms with Crippen LogP contribution in [0.25, 0.3) is 0 Å². The molecule has 0 unspecified atom stereocenters. The van der Waals surface area contributed by atoms with Crippen LogP contribution < -0.4 is 10.2 Å². The third kappa shape index (κ3) is 3.04. The molecule has 0 aromatic carbocycles. The summed E-state index contributed by atoms with van der Waals surface area (Å²) in [6.45, 7) is 2.21. The third-order valence-electron chi connectivity index (χ3n) is 2.77. The summed E-state index contributed by atoms with van der Waals surface area (Å²) in [5.74, 6) is 0.972. The molecule has 84 valence electrons. The first-order valence-corrected chi connectivity index (χ1v) is 5.07. The molecule has 2 rings (SSSR count). The van der Waals surface area contributed by atoms with Crippen LogP contribution >= 0.6 is 12.4 Å². The molecule has 1 aromatic heterocycles. The number of aromatic nitrogens is 2. The first-order valence-electron chi connectivity index (χ1n) is 5.07. The minimum atomic E-state index is 0. The van der Waals surface area contributed by atoms with Gasteiger partial charge in [-0.15, -0.1) is 12.4 Å². The highest BCUT2D eigenvalue weighted by Crippen LogP contribution is 2.15. The largest absolute Gasteiger partial charge is 0.355 e. The lowest BCUT2D eigenvalue weighted by Gasteiger charge is -2.32. The molecule has 1 aromatic rings. The van der Waals surface area contributed by atoms with Gasteiger partial charge in [0.05, 0.1) is 6.20 Å². The fourth-order valence-electron chi connectivity index (χ4n) is 1.85. The Balaban J connectivity index is 0.00000112. The van der Waals surface area contributed by atoms with Crippen molar-refractivity contribution in [3.05, 3.63) is 18.6 Å². The van der Waals surface area contributed by atoms with Gasteiger partial charge in [0.2, 0.25) is 0 Å². The molecule has 0 aliphatic carbocycles. The number of rotatable bonds is 2. The van der Waals surface area contributed by atoms with E-state index >= 15 is 0 Å². The first-order chi connectivity index (χ1) is 6.88. The number of anilines is 1. The van der Waals surface area contributed by atoms with Crippen LogP contribution in [-0.4, -0.2) is 36.1 Å². The molecule has 1 fully saturated rings. The molecule has 4 nitrogen and oxygen atoms in total. The molecule has 1 saturated heterocycles. The van der Waals surface area contributed by atoms with Crippen LogP contribution in [0.5, 0.6) is 0 Å². The summed E-state index contributed by atoms with van der Waals surface area (Å²) in [4.78, 5) is 10.6. The van der Waals surface area contributed by atoms with Gasteiger partial charge in [-0.05, 0) is 25.9 Å². The molecule has 0 spiro atoms. The fraction of sp³-hybridized carbons (Fsp3) is 0.600. The van der Waals surface area contributed by atoms with E-state index in [1.54, 1.807) is 12.4 Å². The zero-order valence-corrected chi connectivity index (χ0v) is 9.70. The highest BCUT2D eigenvalue weighted by Gasteiger charge is 2.18. The van der Waals surface area contributed by atoms with Crippen molar-refractivity contribution < 1.29 is 0 Å². The average molecular weight is 229 g/mol. The summed E-state index contributed by atoms with van der Waals surface area (Å²) in [6.07, 6.45) is 7.65. The van der Waals surface area contributed by atoms with Gasteiger partial charge in [-0.1, -0.05) is 0 Å². The van der Waals surface area contributed by atoms with E-state index in [0.717, 1.165) is 18.9 Å². The second-order valence-electron chi connectivity index (χ2n) is 3.66. The van der Waals surface area contributed by atoms with Gasteiger partial charge in [0.1, 0.15) is 5.82 Å². The predicted octanol–water partition coefficient (Wildman–Crippen LogP) is 1.09. The van der Waals surface area contributed by atoms with Crippen molar-refractivity contribution in [3.8, 4) is 0 Å². The van der Waals surface area contributed by atoms with Crippen molar-refractivity contribution in [1.29, 1.82) is 0 Å². The first kappa shape index (κ1) is 12.2. The van der Waals surface area contributed by atoms with Crippen molar-refractivity contribution in [2.24, 2.45) is 0 Å². The average Bonchev–Trinajstić information content (AvgIpc) is 2.30. The molecule has 1 aliphatic rings. The van der Waals surface area contributed by atoms with Crippen LogP contribution in [0.4, 0.5) is 5.82 Å². The molecule has 15 heavy (non-hydrogen) atoms. The lowest BCUT2D eigenvalue weighted by molar-refractivity contribution is 0.441. The van der Waals surface area contributed by atoms with Crippen LogP contribution in [0.3, 0.4) is 0 Å². The molecule has 0 atom stereocenters. The highest BCUT2D eigenvalue weighted by molar-refractivity contribution is 5.85. The monoisotopic (exact) mass is 228 g/mol. The lowest BCUT2D eigenvalue weighted by atomic mass is 10.1. The molecule has 2 heterocycles. The van der Waals surface area contributed by atoms with E-state index in [1.807, 2.05) is 6.20 Å². The number of piperidine rings is 1. The second-order valence-corrected chi connectivity index (χ2v) is 3.66. The van der Waals surface area contributed by atoms with E-state index in [9.17, 15) is 0 Å². The minimum Gasteiger partial charge on any atom is -0.355 e. The Labute approximate surface area is 96.5 Å². The number of nitrogens with one attached hydrogen (secondary N) is 1. The van der Waals surface area contributed by atoms with E-state index < -0.39 is 0 Å². The van der Waals surface area contributed by atoms with E-state index in [2.05, 4.69) is 27.2 Å². The quantitative estimate of drug-likeness (QED) is 0.823. The second kappa shape index (κ2) is 5.88. The molecule has 0 amide bonds. The topological polar surface area (TPSA) is 41.1 Å². The van der Waals surface area contributed by atoms with Gasteiger partial charge in [-0.2, -0.15) is 0 Å². The van der Waals surface area contributed by atoms with Crippen molar-refractivity contribution in [1.82, 2.24) is 15.3 Å². The molecule has 5 heteroatoms. The zero-order chi connectivity index (χ0) is 9.80. The minimum absolute atomic E-state index is 0. The smallest absolute Gasteiger partial charge is 0.147 e. The van der Waals surface area contributed by atoms with Crippen LogP contribution in [0.1, 0.15) is 12.8 Å². The van der Waals surface area contributed by atoms with Gasteiger partial charge in [0.15, 0.2) is 0 Å². The normalized spacial score (nSPS) is 16.9. The van der Waals surface area contributed by atoms with Crippen molar-refractivity contribution in [2.45, 2.75) is 18.9 Å². The van der Waals surface area contributed by atoms with E-state index in [4.69, 9.17) is 0 Å². The summed E-state index contributed by atoms with van der Waals surface area (Å²) >= 11 is 0. The van der Waals surface area contributed by atoms with Gasteiger partial charge in [0, 0.05) is 25.5 Å². The maximum atomic E-state index is 4.30. The van der Waals surface area contributed by atoms with Crippen molar-refractivity contribution >= 4 is 18.2 Å². The van der Waals surface area contributed by atoms with E-state index in [1.165, 1.54) is 12.8 Å². The van der Waals surface area contributed by atoms with Gasteiger partial charge >= 0.3 is 0 Å². The Kier molecular flexibility index (Phi) is 4.78. The molecule has 0 bridgehead atoms. The molecule has 1 N–H and O–H groups in total. The van der Waals surface area contributed by atoms with Gasteiger partial charge in [-0.25, -0.2) is 4.98 Å². The van der Waals surface area contributed by atoms with Crippen LogP contribution in [0.2, 0.25) is 0 Å². The standard InChI is InChI=1S/C10H16N4.ClH/c1-14(9-2-4-11-5-3-9)10-8-12-6-7-13-10;/h6-9,11H,2-5H2,1H3;1H. The maximum absolute atomic E-state index is 4.30. The van der Waals surface area contributed by atoms with E-state index in [-0.39, 0.29) is 12.4 Å². The number of hydrogen-bond acceptors (Lipinski definition) is 4. The summed E-state index contributed by atoms with van der Waals surface area (Å²) in [6, 6.07) is 0.605. The van der Waals surface area contributed by atoms with Gasteiger partial charge in [0.25, 0.3) is 0 Å². The Bertz CT molecular complexity index is 274. The summed E-state index contributed by atoms with van der Waals surface area (Å²) in [7, 11) is 2.10. The molecular weight excluding hydrogens is 212 g/mol. The summed E-state index contributed by atoms with van der Waals surface area (Å²) in [5, 5.41) is 3.36. The SMILES string of the molecule is CN(c1cnccn1)C1CCNCC1.Cl. The van der Waals surface area contributed by atoms with Crippen LogP contribution in [0, 0.1) is 0 Å².